The van der Waals surface area contributed by atoms with Crippen molar-refractivity contribution in [2.24, 2.45) is 0 Å². The van der Waals surface area contributed by atoms with Crippen LogP contribution >= 0.6 is 0 Å². The molecule has 0 fully saturated rings. The Morgan fingerprint density at radius 2 is 0.913 bits per heavy atom. The molecule has 2 aliphatic rings. The maximum absolute atomic E-state index is 12.6. The van der Waals surface area contributed by atoms with Crippen LogP contribution in [-0.4, -0.2) is 68.5 Å². The van der Waals surface area contributed by atoms with Gasteiger partial charge in [0.15, 0.2) is 0 Å². The van der Waals surface area contributed by atoms with E-state index in [9.17, 15) is 26.4 Å². The fourth-order valence-electron chi connectivity index (χ4n) is 4.58. The Balaban J connectivity index is 0.931. The zero-order valence-corrected chi connectivity index (χ0v) is 28.8. The third-order valence-electron chi connectivity index (χ3n) is 6.87. The van der Waals surface area contributed by atoms with Gasteiger partial charge in [-0.25, -0.2) is 0 Å². The Hall–Kier alpha value is -4.16. The molecule has 0 aliphatic carbocycles. The average molecular weight is 787 g/mol. The summed E-state index contributed by atoms with van der Waals surface area (Å²) in [5.41, 5.74) is 2.21. The SMILES string of the molecule is O=C(Nc1ccc([Se][Se]c2ccc(NC(=O)OCC3=Cc4ccccc4S3(=O)=O)cc2)cc1)OCC1=Cc2ccccc2S1(=O)=O. The normalized spacial score (nSPS) is 15.1. The van der Waals surface area contributed by atoms with Gasteiger partial charge in [-0.15, -0.1) is 0 Å². The second-order valence-electron chi connectivity index (χ2n) is 9.92. The molecule has 2 aliphatic heterocycles. The maximum atomic E-state index is 12.6. The van der Waals surface area contributed by atoms with Crippen molar-refractivity contribution in [2.45, 2.75) is 9.79 Å². The standard InChI is InChI=1S/C32H24N2O8S2Se2/c35-31(41-19-25-17-21-5-1-3-7-29(21)43(25,37)38)33-23-9-13-27(14-10-23)45-46-28-15-11-24(12-16-28)34-32(36)42-20-26-18-22-6-2-4-8-30(22)44(26,39)40/h1-18H,19-20H2,(H,33,35)(H,34,36). The number of benzene rings is 4. The fraction of sp³-hybridized carbons (Fsp3) is 0.0625. The summed E-state index contributed by atoms with van der Waals surface area (Å²) in [5, 5.41) is 5.24. The molecule has 10 nitrogen and oxygen atoms in total. The molecule has 0 radical (unpaired) electrons. The molecule has 0 aromatic heterocycles. The van der Waals surface area contributed by atoms with Crippen LogP contribution in [0.2, 0.25) is 0 Å². The topological polar surface area (TPSA) is 145 Å². The van der Waals surface area contributed by atoms with Crippen molar-refractivity contribution >= 4 is 90.6 Å². The van der Waals surface area contributed by atoms with Gasteiger partial charge < -0.3 is 0 Å². The summed E-state index contributed by atoms with van der Waals surface area (Å²) in [6, 6.07) is 28.0. The van der Waals surface area contributed by atoms with Gasteiger partial charge in [-0.05, 0) is 0 Å². The molecule has 0 atom stereocenters. The predicted molar refractivity (Wildman–Crippen MR) is 177 cm³/mol. The van der Waals surface area contributed by atoms with Gasteiger partial charge in [0.25, 0.3) is 0 Å². The van der Waals surface area contributed by atoms with Crippen molar-refractivity contribution in [3.63, 3.8) is 0 Å². The molecule has 234 valence electrons. The average Bonchev–Trinajstić information content (AvgIpc) is 3.47. The van der Waals surface area contributed by atoms with E-state index in [4.69, 9.17) is 9.47 Å². The predicted octanol–water partition coefficient (Wildman–Crippen LogP) is 3.71. The second-order valence-corrected chi connectivity index (χ2v) is 20.2. The number of amides is 2. The van der Waals surface area contributed by atoms with E-state index in [2.05, 4.69) is 10.6 Å². The van der Waals surface area contributed by atoms with Crippen molar-refractivity contribution in [1.82, 2.24) is 0 Å². The number of fused-ring (bicyclic) bond motifs is 2. The van der Waals surface area contributed by atoms with Crippen LogP contribution in [0.25, 0.3) is 12.2 Å². The van der Waals surface area contributed by atoms with Crippen LogP contribution in [0.5, 0.6) is 0 Å². The number of anilines is 2. The van der Waals surface area contributed by atoms with Gasteiger partial charge in [-0.2, -0.15) is 0 Å². The third-order valence-corrected chi connectivity index (χ3v) is 17.8. The van der Waals surface area contributed by atoms with E-state index in [1.54, 1.807) is 60.7 Å². The summed E-state index contributed by atoms with van der Waals surface area (Å²) in [6.07, 6.45) is 1.53. The monoisotopic (exact) mass is 788 g/mol. The number of hydrogen-bond acceptors (Lipinski definition) is 8. The van der Waals surface area contributed by atoms with Gasteiger partial charge in [-0.3, -0.25) is 0 Å². The number of hydrogen-bond donors (Lipinski definition) is 2. The van der Waals surface area contributed by atoms with Crippen molar-refractivity contribution < 1.29 is 35.9 Å². The van der Waals surface area contributed by atoms with Crippen molar-refractivity contribution in [3.05, 3.63) is 118 Å². The summed E-state index contributed by atoms with van der Waals surface area (Å²) < 4.78 is 63.0. The van der Waals surface area contributed by atoms with E-state index >= 15 is 0 Å². The Kier molecular flexibility index (Phi) is 9.19. The van der Waals surface area contributed by atoms with Gasteiger partial charge in [0.1, 0.15) is 0 Å². The minimum atomic E-state index is -3.66. The summed E-state index contributed by atoms with van der Waals surface area (Å²) in [6.45, 7) is -0.722. The molecule has 14 heteroatoms. The molecule has 2 N–H and O–H groups in total. The molecule has 0 bridgehead atoms. The molecular weight excluding hydrogens is 762 g/mol. The van der Waals surface area contributed by atoms with Crippen LogP contribution in [0, 0.1) is 0 Å². The molecule has 0 spiro atoms. The summed E-state index contributed by atoms with van der Waals surface area (Å²) in [5.74, 6) is 0. The first kappa shape index (κ1) is 31.8. The first-order valence-electron chi connectivity index (χ1n) is 13.6. The van der Waals surface area contributed by atoms with Gasteiger partial charge >= 0.3 is 254 Å². The minimum absolute atomic E-state index is 0.0364. The van der Waals surface area contributed by atoms with Crippen molar-refractivity contribution in [2.75, 3.05) is 23.8 Å². The zero-order chi connectivity index (χ0) is 32.3. The van der Waals surface area contributed by atoms with Crippen molar-refractivity contribution in [3.8, 4) is 0 Å². The van der Waals surface area contributed by atoms with Crippen LogP contribution in [0.1, 0.15) is 11.1 Å². The van der Waals surface area contributed by atoms with E-state index in [0.717, 1.165) is 8.92 Å². The third kappa shape index (κ3) is 6.97. The quantitative estimate of drug-likeness (QED) is 0.245. The Morgan fingerprint density at radius 1 is 0.543 bits per heavy atom. The van der Waals surface area contributed by atoms with Gasteiger partial charge in [-0.1, -0.05) is 24.3 Å². The molecule has 4 aromatic rings. The molecule has 2 amide bonds. The van der Waals surface area contributed by atoms with Crippen LogP contribution in [0.3, 0.4) is 0 Å². The van der Waals surface area contributed by atoms with Crippen LogP contribution in [-0.2, 0) is 29.1 Å². The Morgan fingerprint density at radius 3 is 1.28 bits per heavy atom. The molecule has 0 saturated heterocycles. The first-order valence-corrected chi connectivity index (χ1v) is 22.6. The molecule has 46 heavy (non-hydrogen) atoms. The number of carbonyl (C=O) groups is 2. The number of nitrogens with one attached hydrogen (secondary N) is 2. The van der Waals surface area contributed by atoms with Crippen LogP contribution in [0.4, 0.5) is 21.0 Å². The van der Waals surface area contributed by atoms with E-state index in [0.29, 0.717) is 22.5 Å². The van der Waals surface area contributed by atoms with Crippen LogP contribution < -0.4 is 19.6 Å². The first-order chi connectivity index (χ1) is 22.1. The van der Waals surface area contributed by atoms with E-state index in [-0.39, 0.29) is 59.1 Å². The molecule has 0 saturated carbocycles. The summed E-state index contributed by atoms with van der Waals surface area (Å²) in [7, 11) is -7.32. The van der Waals surface area contributed by atoms with E-state index in [1.165, 1.54) is 24.3 Å². The fourth-order valence-corrected chi connectivity index (χ4v) is 13.5. The molecule has 4 aromatic carbocycles. The molecule has 6 rings (SSSR count). The van der Waals surface area contributed by atoms with E-state index < -0.39 is 31.9 Å². The Labute approximate surface area is 276 Å². The summed E-state index contributed by atoms with van der Waals surface area (Å²) in [4.78, 5) is 25.1. The van der Waals surface area contributed by atoms with E-state index in [1.807, 2.05) is 24.3 Å². The number of ether oxygens (including phenoxy) is 2. The molecule has 0 unspecified atom stereocenters. The summed E-state index contributed by atoms with van der Waals surface area (Å²) >= 11 is 0.298. The molecule has 2 heterocycles. The van der Waals surface area contributed by atoms with Gasteiger partial charge in [0.2, 0.25) is 0 Å². The van der Waals surface area contributed by atoms with Gasteiger partial charge in [0.05, 0.1) is 0 Å². The molecular formula is C32H24N2O8S2Se2. The zero-order valence-electron chi connectivity index (χ0n) is 23.7. The van der Waals surface area contributed by atoms with Crippen LogP contribution in [0.15, 0.2) is 117 Å². The number of carbonyl (C=O) groups excluding carboxylic acids is 2. The van der Waals surface area contributed by atoms with Gasteiger partial charge in [0, 0.05) is 0 Å². The number of rotatable bonds is 9. The number of sulfone groups is 2. The Bertz CT molecular complexity index is 1960. The second kappa shape index (κ2) is 13.3. The van der Waals surface area contributed by atoms with Crippen molar-refractivity contribution in [1.29, 1.82) is 0 Å².